The van der Waals surface area contributed by atoms with Crippen LogP contribution in [0.3, 0.4) is 0 Å². The third-order valence-electron chi connectivity index (χ3n) is 4.39. The van der Waals surface area contributed by atoms with E-state index in [0.29, 0.717) is 24.4 Å². The number of carbonyl (C=O) groups is 1. The first-order chi connectivity index (χ1) is 8.70. The summed E-state index contributed by atoms with van der Waals surface area (Å²) in [6, 6.07) is 0.590. The van der Waals surface area contributed by atoms with Gasteiger partial charge in [0.1, 0.15) is 0 Å². The van der Waals surface area contributed by atoms with Crippen molar-refractivity contribution in [3.05, 3.63) is 0 Å². The Hall–Kier alpha value is -0.610. The van der Waals surface area contributed by atoms with Gasteiger partial charge in [0.25, 0.3) is 0 Å². The zero-order chi connectivity index (χ0) is 13.0. The maximum Gasteiger partial charge on any atom is 0.236 e. The van der Waals surface area contributed by atoms with Crippen molar-refractivity contribution in [2.75, 3.05) is 39.8 Å². The Kier molecular flexibility index (Phi) is 5.01. The smallest absolute Gasteiger partial charge is 0.236 e. The predicted molar refractivity (Wildman–Crippen MR) is 73.5 cm³/mol. The predicted octanol–water partition coefficient (Wildman–Crippen LogP) is 0.929. The molecule has 0 saturated carbocycles. The van der Waals surface area contributed by atoms with E-state index in [2.05, 4.69) is 22.0 Å². The summed E-state index contributed by atoms with van der Waals surface area (Å²) in [5, 5.41) is 3.23. The van der Waals surface area contributed by atoms with Crippen molar-refractivity contribution in [1.82, 2.24) is 15.1 Å². The lowest BCUT2D eigenvalue weighted by Crippen LogP contribution is -2.47. The van der Waals surface area contributed by atoms with Crippen molar-refractivity contribution < 1.29 is 4.79 Å². The van der Waals surface area contributed by atoms with Gasteiger partial charge in [-0.25, -0.2) is 0 Å². The first-order valence-electron chi connectivity index (χ1n) is 7.37. The summed E-state index contributed by atoms with van der Waals surface area (Å²) < 4.78 is 0. The number of nitrogens with one attached hydrogen (secondary N) is 1. The molecule has 1 amide bonds. The van der Waals surface area contributed by atoms with Crippen molar-refractivity contribution in [3.63, 3.8) is 0 Å². The number of likely N-dealkylation sites (tertiary alicyclic amines) is 2. The standard InChI is InChI=1S/C14H27N3O/c1-12-5-3-7-16(12)11-14(18)17-8-4-6-13(10-17)9-15-2/h12-13,15H,3-11H2,1-2H3/t12-,13-/m1/s1. The van der Waals surface area contributed by atoms with Crippen molar-refractivity contribution in [3.8, 4) is 0 Å². The van der Waals surface area contributed by atoms with Crippen molar-refractivity contribution >= 4 is 5.91 Å². The van der Waals surface area contributed by atoms with Gasteiger partial charge < -0.3 is 10.2 Å². The van der Waals surface area contributed by atoms with Gasteiger partial charge in [-0.1, -0.05) is 0 Å². The van der Waals surface area contributed by atoms with Crippen LogP contribution in [0.25, 0.3) is 0 Å². The van der Waals surface area contributed by atoms with Crippen LogP contribution >= 0.6 is 0 Å². The van der Waals surface area contributed by atoms with Crippen LogP contribution in [0.2, 0.25) is 0 Å². The molecule has 104 valence electrons. The summed E-state index contributed by atoms with van der Waals surface area (Å²) in [6.07, 6.45) is 4.91. The van der Waals surface area contributed by atoms with Crippen LogP contribution in [0.5, 0.6) is 0 Å². The molecule has 0 aromatic heterocycles. The van der Waals surface area contributed by atoms with Crippen LogP contribution in [0.15, 0.2) is 0 Å². The summed E-state index contributed by atoms with van der Waals surface area (Å²) in [7, 11) is 1.99. The number of rotatable bonds is 4. The van der Waals surface area contributed by atoms with E-state index in [1.54, 1.807) is 0 Å². The van der Waals surface area contributed by atoms with Gasteiger partial charge in [-0.3, -0.25) is 9.69 Å². The van der Waals surface area contributed by atoms with Crippen molar-refractivity contribution in [2.45, 2.75) is 38.6 Å². The van der Waals surface area contributed by atoms with Crippen LogP contribution in [-0.4, -0.2) is 61.5 Å². The highest BCUT2D eigenvalue weighted by Crippen LogP contribution is 2.19. The molecule has 0 bridgehead atoms. The van der Waals surface area contributed by atoms with Gasteiger partial charge in [0, 0.05) is 19.1 Å². The second kappa shape index (κ2) is 6.53. The van der Waals surface area contributed by atoms with Crippen LogP contribution in [0.1, 0.15) is 32.6 Å². The van der Waals surface area contributed by atoms with Gasteiger partial charge >= 0.3 is 0 Å². The van der Waals surface area contributed by atoms with Gasteiger partial charge in [0.15, 0.2) is 0 Å². The Labute approximate surface area is 111 Å². The lowest BCUT2D eigenvalue weighted by atomic mass is 9.98. The van der Waals surface area contributed by atoms with E-state index in [4.69, 9.17) is 0 Å². The summed E-state index contributed by atoms with van der Waals surface area (Å²) in [4.78, 5) is 16.7. The van der Waals surface area contributed by atoms with Gasteiger partial charge in [0.05, 0.1) is 6.54 Å². The molecule has 2 heterocycles. The number of hydrogen-bond donors (Lipinski definition) is 1. The normalized spacial score (nSPS) is 29.8. The maximum atomic E-state index is 12.3. The van der Waals surface area contributed by atoms with E-state index in [1.165, 1.54) is 19.3 Å². The van der Waals surface area contributed by atoms with E-state index in [-0.39, 0.29) is 0 Å². The molecular weight excluding hydrogens is 226 g/mol. The van der Waals surface area contributed by atoms with Gasteiger partial charge in [-0.15, -0.1) is 0 Å². The van der Waals surface area contributed by atoms with E-state index in [9.17, 15) is 4.79 Å². The minimum absolute atomic E-state index is 0.338. The highest BCUT2D eigenvalue weighted by atomic mass is 16.2. The average molecular weight is 253 g/mol. The molecular formula is C14H27N3O. The molecule has 4 heteroatoms. The highest BCUT2D eigenvalue weighted by molar-refractivity contribution is 5.78. The zero-order valence-corrected chi connectivity index (χ0v) is 11.8. The molecule has 1 N–H and O–H groups in total. The molecule has 18 heavy (non-hydrogen) atoms. The average Bonchev–Trinajstić information content (AvgIpc) is 2.76. The van der Waals surface area contributed by atoms with Crippen LogP contribution < -0.4 is 5.32 Å². The molecule has 2 fully saturated rings. The van der Waals surface area contributed by atoms with Crippen molar-refractivity contribution in [2.24, 2.45) is 5.92 Å². The molecule has 0 aromatic rings. The monoisotopic (exact) mass is 253 g/mol. The summed E-state index contributed by atoms with van der Waals surface area (Å²) in [5.74, 6) is 0.980. The molecule has 2 atom stereocenters. The lowest BCUT2D eigenvalue weighted by molar-refractivity contribution is -0.134. The number of piperidine rings is 1. The molecule has 0 aliphatic carbocycles. The summed E-state index contributed by atoms with van der Waals surface area (Å²) in [5.41, 5.74) is 0. The second-order valence-electron chi connectivity index (χ2n) is 5.87. The van der Waals surface area contributed by atoms with Crippen molar-refractivity contribution in [1.29, 1.82) is 0 Å². The molecule has 0 radical (unpaired) electrons. The fourth-order valence-corrected chi connectivity index (χ4v) is 3.25. The van der Waals surface area contributed by atoms with Gasteiger partial charge in [-0.05, 0) is 58.7 Å². The third-order valence-corrected chi connectivity index (χ3v) is 4.39. The Morgan fingerprint density at radius 1 is 1.28 bits per heavy atom. The van der Waals surface area contributed by atoms with Crippen LogP contribution in [-0.2, 0) is 4.79 Å². The topological polar surface area (TPSA) is 35.6 Å². The maximum absolute atomic E-state index is 12.3. The third kappa shape index (κ3) is 3.45. The Morgan fingerprint density at radius 3 is 2.72 bits per heavy atom. The second-order valence-corrected chi connectivity index (χ2v) is 5.87. The van der Waals surface area contributed by atoms with E-state index in [1.807, 2.05) is 7.05 Å². The van der Waals surface area contributed by atoms with E-state index < -0.39 is 0 Å². The molecule has 2 aliphatic rings. The number of hydrogen-bond acceptors (Lipinski definition) is 3. The first kappa shape index (κ1) is 13.8. The Balaban J connectivity index is 1.80. The SMILES string of the molecule is CNC[C@H]1CCCN(C(=O)CN2CCC[C@H]2C)C1. The van der Waals surface area contributed by atoms with Gasteiger partial charge in [0.2, 0.25) is 5.91 Å². The fraction of sp³-hybridized carbons (Fsp3) is 0.929. The molecule has 2 saturated heterocycles. The lowest BCUT2D eigenvalue weighted by Gasteiger charge is -2.34. The Bertz CT molecular complexity index is 280. The van der Waals surface area contributed by atoms with E-state index >= 15 is 0 Å². The zero-order valence-electron chi connectivity index (χ0n) is 11.8. The van der Waals surface area contributed by atoms with Crippen LogP contribution in [0, 0.1) is 5.92 Å². The molecule has 0 aromatic carbocycles. The summed E-state index contributed by atoms with van der Waals surface area (Å²) >= 11 is 0. The largest absolute Gasteiger partial charge is 0.341 e. The number of nitrogens with zero attached hydrogens (tertiary/aromatic N) is 2. The number of amides is 1. The number of carbonyl (C=O) groups excluding carboxylic acids is 1. The molecule has 2 rings (SSSR count). The molecule has 0 spiro atoms. The molecule has 0 unspecified atom stereocenters. The molecule has 2 aliphatic heterocycles. The van der Waals surface area contributed by atoms with E-state index in [0.717, 1.165) is 32.6 Å². The molecule has 4 nitrogen and oxygen atoms in total. The minimum atomic E-state index is 0.338. The van der Waals surface area contributed by atoms with Gasteiger partial charge in [-0.2, -0.15) is 0 Å². The minimum Gasteiger partial charge on any atom is -0.341 e. The Morgan fingerprint density at radius 2 is 2.06 bits per heavy atom. The quantitative estimate of drug-likeness (QED) is 0.809. The summed E-state index contributed by atoms with van der Waals surface area (Å²) in [6.45, 7) is 6.90. The first-order valence-corrected chi connectivity index (χ1v) is 7.37. The van der Waals surface area contributed by atoms with Crippen LogP contribution in [0.4, 0.5) is 0 Å². The highest BCUT2D eigenvalue weighted by Gasteiger charge is 2.27. The fourth-order valence-electron chi connectivity index (χ4n) is 3.25.